The minimum absolute atomic E-state index is 0.0361. The Labute approximate surface area is 148 Å². The van der Waals surface area contributed by atoms with Crippen LogP contribution in [-0.2, 0) is 9.59 Å². The number of hydrogen-bond acceptors (Lipinski definition) is 5. The van der Waals surface area contributed by atoms with Crippen molar-refractivity contribution in [1.82, 2.24) is 5.32 Å². The average Bonchev–Trinajstić information content (AvgIpc) is 2.97. The summed E-state index contributed by atoms with van der Waals surface area (Å²) in [7, 11) is 1.51. The van der Waals surface area contributed by atoms with Crippen LogP contribution in [0.5, 0.6) is 5.75 Å². The van der Waals surface area contributed by atoms with Crippen LogP contribution in [0.15, 0.2) is 42.0 Å². The third kappa shape index (κ3) is 2.95. The summed E-state index contributed by atoms with van der Waals surface area (Å²) < 4.78 is 5.30. The number of aryl methyl sites for hydroxylation is 1. The molecule has 2 aromatic rings. The van der Waals surface area contributed by atoms with Gasteiger partial charge in [-0.3, -0.25) is 14.9 Å². The van der Waals surface area contributed by atoms with Crippen molar-refractivity contribution in [2.24, 2.45) is 0 Å². The first-order chi connectivity index (χ1) is 11.5. The number of anilines is 1. The number of nitrogens with one attached hydrogen (secondary N) is 1. The van der Waals surface area contributed by atoms with Crippen molar-refractivity contribution in [2.45, 2.75) is 6.92 Å². The molecule has 24 heavy (non-hydrogen) atoms. The molecular formula is C17H14N2O3S2. The number of rotatable bonds is 3. The van der Waals surface area contributed by atoms with Crippen molar-refractivity contribution in [3.05, 3.63) is 51.7 Å². The molecule has 5 nitrogen and oxygen atoms in total. The highest BCUT2D eigenvalue weighted by molar-refractivity contribution is 7.80. The predicted octanol–water partition coefficient (Wildman–Crippen LogP) is 2.90. The monoisotopic (exact) mass is 358 g/mol. The van der Waals surface area contributed by atoms with Crippen LogP contribution >= 0.6 is 23.6 Å². The van der Waals surface area contributed by atoms with Gasteiger partial charge in [-0.05, 0) is 49.5 Å². The minimum atomic E-state index is -0.498. The average molecular weight is 358 g/mol. The van der Waals surface area contributed by atoms with E-state index in [-0.39, 0.29) is 10.7 Å². The fourth-order valence-electron chi connectivity index (χ4n) is 2.36. The fourth-order valence-corrected chi connectivity index (χ4v) is 3.46. The number of benzene rings is 1. The first-order valence-electron chi connectivity index (χ1n) is 7.12. The van der Waals surface area contributed by atoms with Crippen LogP contribution in [0.3, 0.4) is 0 Å². The molecule has 3 rings (SSSR count). The minimum Gasteiger partial charge on any atom is -0.495 e. The van der Waals surface area contributed by atoms with Gasteiger partial charge in [0.2, 0.25) is 0 Å². The summed E-state index contributed by atoms with van der Waals surface area (Å²) in [4.78, 5) is 28.3. The largest absolute Gasteiger partial charge is 0.495 e. The molecule has 1 aliphatic rings. The fraction of sp³-hybridized carbons (Fsp3) is 0.118. The molecule has 2 heterocycles. The van der Waals surface area contributed by atoms with Crippen LogP contribution in [0.4, 0.5) is 5.69 Å². The van der Waals surface area contributed by atoms with E-state index in [1.54, 1.807) is 30.3 Å². The Balaban J connectivity index is 2.05. The lowest BCUT2D eigenvalue weighted by molar-refractivity contribution is -0.122. The summed E-state index contributed by atoms with van der Waals surface area (Å²) in [6.07, 6.45) is 1.58. The van der Waals surface area contributed by atoms with Crippen LogP contribution in [-0.4, -0.2) is 24.0 Å². The lowest BCUT2D eigenvalue weighted by Gasteiger charge is -2.29. The van der Waals surface area contributed by atoms with E-state index >= 15 is 0 Å². The predicted molar refractivity (Wildman–Crippen MR) is 98.3 cm³/mol. The molecule has 1 saturated heterocycles. The van der Waals surface area contributed by atoms with Crippen molar-refractivity contribution >= 4 is 52.2 Å². The van der Waals surface area contributed by atoms with Crippen LogP contribution in [0.2, 0.25) is 0 Å². The second-order valence-electron chi connectivity index (χ2n) is 5.08. The first kappa shape index (κ1) is 16.4. The molecule has 1 aliphatic heterocycles. The molecule has 0 aliphatic carbocycles. The highest BCUT2D eigenvalue weighted by Crippen LogP contribution is 2.31. The van der Waals surface area contributed by atoms with Crippen molar-refractivity contribution in [3.63, 3.8) is 0 Å². The molecular weight excluding hydrogens is 344 g/mol. The maximum absolute atomic E-state index is 12.9. The molecule has 122 valence electrons. The number of thiophene rings is 1. The number of thiocarbonyl (C=S) groups is 1. The van der Waals surface area contributed by atoms with Crippen LogP contribution in [0, 0.1) is 6.92 Å². The number of methoxy groups -OCH3 is 1. The summed E-state index contributed by atoms with van der Waals surface area (Å²) in [6.45, 7) is 1.96. The Hall–Kier alpha value is -2.51. The van der Waals surface area contributed by atoms with Gasteiger partial charge in [0.15, 0.2) is 5.11 Å². The molecule has 0 saturated carbocycles. The number of para-hydroxylation sites is 2. The van der Waals surface area contributed by atoms with E-state index in [1.807, 2.05) is 19.1 Å². The second kappa shape index (κ2) is 6.54. The van der Waals surface area contributed by atoms with Gasteiger partial charge in [0.25, 0.3) is 11.8 Å². The number of ether oxygens (including phenoxy) is 1. The maximum Gasteiger partial charge on any atom is 0.270 e. The number of hydrogen-bond donors (Lipinski definition) is 1. The van der Waals surface area contributed by atoms with E-state index in [2.05, 4.69) is 5.32 Å². The zero-order valence-electron chi connectivity index (χ0n) is 13.0. The van der Waals surface area contributed by atoms with Gasteiger partial charge in [0.05, 0.1) is 12.8 Å². The van der Waals surface area contributed by atoms with Crippen molar-refractivity contribution in [3.8, 4) is 5.75 Å². The van der Waals surface area contributed by atoms with E-state index in [9.17, 15) is 9.59 Å². The smallest absolute Gasteiger partial charge is 0.270 e. The van der Waals surface area contributed by atoms with Gasteiger partial charge in [-0.25, -0.2) is 4.90 Å². The molecule has 7 heteroatoms. The Kier molecular flexibility index (Phi) is 4.46. The molecule has 2 amide bonds. The second-order valence-corrected chi connectivity index (χ2v) is 6.78. The Morgan fingerprint density at radius 1 is 1.21 bits per heavy atom. The van der Waals surface area contributed by atoms with Crippen molar-refractivity contribution < 1.29 is 14.3 Å². The highest BCUT2D eigenvalue weighted by atomic mass is 32.1. The summed E-state index contributed by atoms with van der Waals surface area (Å²) in [6, 6.07) is 10.8. The lowest BCUT2D eigenvalue weighted by atomic mass is 10.1. The van der Waals surface area contributed by atoms with Gasteiger partial charge >= 0.3 is 0 Å². The van der Waals surface area contributed by atoms with Crippen LogP contribution < -0.4 is 15.0 Å². The summed E-state index contributed by atoms with van der Waals surface area (Å²) >= 11 is 6.69. The molecule has 0 spiro atoms. The molecule has 1 N–H and O–H groups in total. The van der Waals surface area contributed by atoms with E-state index < -0.39 is 11.8 Å². The third-order valence-electron chi connectivity index (χ3n) is 3.48. The van der Waals surface area contributed by atoms with Crippen molar-refractivity contribution in [1.29, 1.82) is 0 Å². The zero-order valence-corrected chi connectivity index (χ0v) is 14.7. The van der Waals surface area contributed by atoms with Crippen molar-refractivity contribution in [2.75, 3.05) is 12.0 Å². The first-order valence-corrected chi connectivity index (χ1v) is 8.34. The molecule has 0 radical (unpaired) electrons. The van der Waals surface area contributed by atoms with E-state index in [0.29, 0.717) is 11.4 Å². The van der Waals surface area contributed by atoms with E-state index in [1.165, 1.54) is 23.3 Å². The third-order valence-corrected chi connectivity index (χ3v) is 4.71. The Bertz CT molecular complexity index is 870. The molecule has 0 atom stereocenters. The summed E-state index contributed by atoms with van der Waals surface area (Å²) in [5.41, 5.74) is 0.527. The summed E-state index contributed by atoms with van der Waals surface area (Å²) in [5, 5.41) is 2.60. The van der Waals surface area contributed by atoms with E-state index in [4.69, 9.17) is 17.0 Å². The molecule has 1 aromatic heterocycles. The lowest BCUT2D eigenvalue weighted by Crippen LogP contribution is -2.54. The SMILES string of the molecule is COc1ccccc1N1C(=O)C(=Cc2ccc(C)s2)C(=O)NC1=S. The topological polar surface area (TPSA) is 58.6 Å². The summed E-state index contributed by atoms with van der Waals surface area (Å²) in [5.74, 6) is -0.475. The number of carbonyl (C=O) groups is 2. The molecule has 0 bridgehead atoms. The van der Waals surface area contributed by atoms with Crippen LogP contribution in [0.25, 0.3) is 6.08 Å². The zero-order chi connectivity index (χ0) is 17.3. The maximum atomic E-state index is 12.9. The normalized spacial score (nSPS) is 16.5. The number of amides is 2. The quantitative estimate of drug-likeness (QED) is 0.521. The van der Waals surface area contributed by atoms with Gasteiger partial charge in [-0.1, -0.05) is 12.1 Å². The van der Waals surface area contributed by atoms with Gasteiger partial charge in [-0.15, -0.1) is 11.3 Å². The molecule has 1 fully saturated rings. The van der Waals surface area contributed by atoms with Gasteiger partial charge in [-0.2, -0.15) is 0 Å². The number of carbonyl (C=O) groups excluding carboxylic acids is 2. The van der Waals surface area contributed by atoms with Crippen LogP contribution in [0.1, 0.15) is 9.75 Å². The van der Waals surface area contributed by atoms with Gasteiger partial charge in [0.1, 0.15) is 11.3 Å². The molecule has 1 aromatic carbocycles. The Morgan fingerprint density at radius 3 is 2.62 bits per heavy atom. The highest BCUT2D eigenvalue weighted by Gasteiger charge is 2.35. The van der Waals surface area contributed by atoms with Gasteiger partial charge < -0.3 is 4.74 Å². The Morgan fingerprint density at radius 2 is 1.96 bits per heavy atom. The van der Waals surface area contributed by atoms with Gasteiger partial charge in [0, 0.05) is 9.75 Å². The van der Waals surface area contributed by atoms with E-state index in [0.717, 1.165) is 9.75 Å². The standard InChI is InChI=1S/C17H14N2O3S2/c1-10-7-8-11(24-10)9-12-15(20)18-17(23)19(16(12)21)13-5-3-4-6-14(13)22-2/h3-9H,1-2H3,(H,18,20,23). The molecule has 0 unspecified atom stereocenters. The number of nitrogens with zero attached hydrogens (tertiary/aromatic N) is 1.